The van der Waals surface area contributed by atoms with Crippen LogP contribution in [0.15, 0.2) is 24.5 Å². The summed E-state index contributed by atoms with van der Waals surface area (Å²) in [6.07, 6.45) is 1.40. The van der Waals surface area contributed by atoms with Gasteiger partial charge in [0.25, 0.3) is 5.91 Å². The molecule has 0 radical (unpaired) electrons. The summed E-state index contributed by atoms with van der Waals surface area (Å²) in [5, 5.41) is 3.44. The van der Waals surface area contributed by atoms with Crippen LogP contribution < -0.4 is 10.2 Å². The third-order valence-electron chi connectivity index (χ3n) is 4.07. The van der Waals surface area contributed by atoms with Crippen LogP contribution in [-0.4, -0.2) is 54.0 Å². The summed E-state index contributed by atoms with van der Waals surface area (Å²) in [6, 6.07) is 4.22. The lowest BCUT2D eigenvalue weighted by atomic mass is 10.1. The van der Waals surface area contributed by atoms with Crippen molar-refractivity contribution in [2.75, 3.05) is 43.4 Å². The standard InChI is InChI=1S/C16H16Cl2FN5O/c1-20-13-14(18)21-9-22-15(13)23-5-7-24(8-6-23)16(25)12-10(17)3-2-4-11(12)19/h2-4,9,20H,5-8H2,1H3. The normalized spacial score (nSPS) is 14.6. The van der Waals surface area contributed by atoms with Gasteiger partial charge in [-0.25, -0.2) is 14.4 Å². The highest BCUT2D eigenvalue weighted by atomic mass is 35.5. The Kier molecular flexibility index (Phi) is 5.24. The molecule has 1 fully saturated rings. The number of hydrogen-bond donors (Lipinski definition) is 1. The number of carbonyl (C=O) groups excluding carboxylic acids is 1. The first kappa shape index (κ1) is 17.7. The molecule has 132 valence electrons. The van der Waals surface area contributed by atoms with Crippen LogP contribution >= 0.6 is 23.2 Å². The molecule has 1 N–H and O–H groups in total. The molecule has 0 spiro atoms. The summed E-state index contributed by atoms with van der Waals surface area (Å²) in [6.45, 7) is 1.93. The first-order valence-corrected chi connectivity index (χ1v) is 8.45. The van der Waals surface area contributed by atoms with Crippen LogP contribution in [0, 0.1) is 5.82 Å². The van der Waals surface area contributed by atoms with Gasteiger partial charge in [0.2, 0.25) is 0 Å². The van der Waals surface area contributed by atoms with Gasteiger partial charge in [-0.15, -0.1) is 0 Å². The lowest BCUT2D eigenvalue weighted by Gasteiger charge is -2.36. The summed E-state index contributed by atoms with van der Waals surface area (Å²) >= 11 is 12.1. The van der Waals surface area contributed by atoms with E-state index in [1.165, 1.54) is 24.5 Å². The predicted octanol–water partition coefficient (Wildman–Crippen LogP) is 2.93. The molecule has 2 aromatic rings. The Labute approximate surface area is 154 Å². The van der Waals surface area contributed by atoms with Gasteiger partial charge in [-0.3, -0.25) is 4.79 Å². The summed E-state index contributed by atoms with van der Waals surface area (Å²) in [4.78, 5) is 24.4. The molecule has 9 heteroatoms. The molecule has 1 amide bonds. The summed E-state index contributed by atoms with van der Waals surface area (Å²) in [5.41, 5.74) is 0.555. The molecule has 1 aromatic carbocycles. The Bertz CT molecular complexity index is 776. The summed E-state index contributed by atoms with van der Waals surface area (Å²) in [5.74, 6) is -0.337. The molecule has 2 heterocycles. The highest BCUT2D eigenvalue weighted by Gasteiger charge is 2.27. The molecule has 3 rings (SSSR count). The molecule has 0 aliphatic carbocycles. The van der Waals surface area contributed by atoms with Gasteiger partial charge in [-0.1, -0.05) is 29.3 Å². The van der Waals surface area contributed by atoms with E-state index in [2.05, 4.69) is 15.3 Å². The second-order valence-corrected chi connectivity index (χ2v) is 6.25. The van der Waals surface area contributed by atoms with E-state index in [1.807, 2.05) is 4.90 Å². The number of hydrogen-bond acceptors (Lipinski definition) is 5. The molecule has 1 aliphatic rings. The van der Waals surface area contributed by atoms with Crippen molar-refractivity contribution in [3.8, 4) is 0 Å². The van der Waals surface area contributed by atoms with Crippen molar-refractivity contribution >= 4 is 40.6 Å². The maximum Gasteiger partial charge on any atom is 0.258 e. The SMILES string of the molecule is CNc1c(Cl)ncnc1N1CCN(C(=O)c2c(F)cccc2Cl)CC1. The zero-order chi connectivity index (χ0) is 18.0. The van der Waals surface area contributed by atoms with Gasteiger partial charge in [-0.2, -0.15) is 0 Å². The van der Waals surface area contributed by atoms with Crippen LogP contribution in [0.4, 0.5) is 15.9 Å². The van der Waals surface area contributed by atoms with E-state index >= 15 is 0 Å². The lowest BCUT2D eigenvalue weighted by molar-refractivity contribution is 0.0742. The minimum absolute atomic E-state index is 0.0846. The van der Waals surface area contributed by atoms with Crippen LogP contribution in [0.5, 0.6) is 0 Å². The van der Waals surface area contributed by atoms with Crippen LogP contribution in [0.2, 0.25) is 10.2 Å². The van der Waals surface area contributed by atoms with Crippen LogP contribution in [-0.2, 0) is 0 Å². The number of aromatic nitrogens is 2. The first-order chi connectivity index (χ1) is 12.0. The van der Waals surface area contributed by atoms with Gasteiger partial charge in [0.15, 0.2) is 11.0 Å². The zero-order valence-corrected chi connectivity index (χ0v) is 15.0. The summed E-state index contributed by atoms with van der Waals surface area (Å²) in [7, 11) is 1.74. The molecule has 0 unspecified atom stereocenters. The number of piperazine rings is 1. The maximum absolute atomic E-state index is 14.0. The molecule has 1 saturated heterocycles. The largest absolute Gasteiger partial charge is 0.383 e. The minimum atomic E-state index is -0.611. The fourth-order valence-corrected chi connectivity index (χ4v) is 3.26. The second kappa shape index (κ2) is 7.41. The van der Waals surface area contributed by atoms with Crippen molar-refractivity contribution in [2.24, 2.45) is 0 Å². The number of halogens is 3. The molecule has 1 aromatic heterocycles. The van der Waals surface area contributed by atoms with Crippen molar-refractivity contribution in [2.45, 2.75) is 0 Å². The van der Waals surface area contributed by atoms with E-state index in [0.29, 0.717) is 42.8 Å². The number of rotatable bonds is 3. The van der Waals surface area contributed by atoms with E-state index in [0.717, 1.165) is 0 Å². The number of carbonyl (C=O) groups is 1. The second-order valence-electron chi connectivity index (χ2n) is 5.49. The summed E-state index contributed by atoms with van der Waals surface area (Å²) < 4.78 is 14.0. The third-order valence-corrected chi connectivity index (χ3v) is 4.68. The van der Waals surface area contributed by atoms with E-state index < -0.39 is 11.7 Å². The smallest absolute Gasteiger partial charge is 0.258 e. The maximum atomic E-state index is 14.0. The van der Waals surface area contributed by atoms with Gasteiger partial charge < -0.3 is 15.1 Å². The average molecular weight is 384 g/mol. The van der Waals surface area contributed by atoms with E-state index in [-0.39, 0.29) is 10.6 Å². The molecule has 6 nitrogen and oxygen atoms in total. The molecule has 0 bridgehead atoms. The quantitative estimate of drug-likeness (QED) is 0.825. The van der Waals surface area contributed by atoms with Crippen LogP contribution in [0.25, 0.3) is 0 Å². The fourth-order valence-electron chi connectivity index (χ4n) is 2.79. The number of nitrogens with one attached hydrogen (secondary N) is 1. The Morgan fingerprint density at radius 3 is 2.56 bits per heavy atom. The Morgan fingerprint density at radius 2 is 1.92 bits per heavy atom. The molecule has 1 aliphatic heterocycles. The monoisotopic (exact) mass is 383 g/mol. The Hall–Kier alpha value is -2.12. The topological polar surface area (TPSA) is 61.4 Å². The van der Waals surface area contributed by atoms with Crippen molar-refractivity contribution in [3.63, 3.8) is 0 Å². The van der Waals surface area contributed by atoms with E-state index in [9.17, 15) is 9.18 Å². The number of anilines is 2. The molecule has 25 heavy (non-hydrogen) atoms. The molecular weight excluding hydrogens is 368 g/mol. The zero-order valence-electron chi connectivity index (χ0n) is 13.5. The van der Waals surface area contributed by atoms with Gasteiger partial charge >= 0.3 is 0 Å². The van der Waals surface area contributed by atoms with Gasteiger partial charge in [0.1, 0.15) is 17.8 Å². The van der Waals surface area contributed by atoms with Crippen molar-refractivity contribution < 1.29 is 9.18 Å². The van der Waals surface area contributed by atoms with E-state index in [1.54, 1.807) is 11.9 Å². The predicted molar refractivity (Wildman–Crippen MR) is 96.1 cm³/mol. The van der Waals surface area contributed by atoms with E-state index in [4.69, 9.17) is 23.2 Å². The van der Waals surface area contributed by atoms with Crippen molar-refractivity contribution in [1.29, 1.82) is 0 Å². The Morgan fingerprint density at radius 1 is 1.20 bits per heavy atom. The molecule has 0 atom stereocenters. The minimum Gasteiger partial charge on any atom is -0.383 e. The number of benzene rings is 1. The number of nitrogens with zero attached hydrogens (tertiary/aromatic N) is 4. The third kappa shape index (κ3) is 3.48. The van der Waals surface area contributed by atoms with Crippen LogP contribution in [0.3, 0.4) is 0 Å². The highest BCUT2D eigenvalue weighted by molar-refractivity contribution is 6.34. The molecule has 0 saturated carbocycles. The Balaban J connectivity index is 1.74. The van der Waals surface area contributed by atoms with Gasteiger partial charge in [0.05, 0.1) is 10.6 Å². The van der Waals surface area contributed by atoms with Crippen molar-refractivity contribution in [3.05, 3.63) is 46.1 Å². The first-order valence-electron chi connectivity index (χ1n) is 7.69. The number of amides is 1. The molecular formula is C16H16Cl2FN5O. The van der Waals surface area contributed by atoms with Crippen molar-refractivity contribution in [1.82, 2.24) is 14.9 Å². The average Bonchev–Trinajstić information content (AvgIpc) is 2.61. The fraction of sp³-hybridized carbons (Fsp3) is 0.312. The highest BCUT2D eigenvalue weighted by Crippen LogP contribution is 2.29. The van der Waals surface area contributed by atoms with Gasteiger partial charge in [0, 0.05) is 33.2 Å². The van der Waals surface area contributed by atoms with Crippen LogP contribution in [0.1, 0.15) is 10.4 Å². The lowest BCUT2D eigenvalue weighted by Crippen LogP contribution is -2.49. The van der Waals surface area contributed by atoms with Gasteiger partial charge in [-0.05, 0) is 12.1 Å².